The fourth-order valence-electron chi connectivity index (χ4n) is 7.14. The monoisotopic (exact) mass is 740 g/mol. The molecular weight excluding hydrogens is 699 g/mol. The van der Waals surface area contributed by atoms with Gasteiger partial charge in [0.2, 0.25) is 0 Å². The van der Waals surface area contributed by atoms with E-state index in [1.54, 1.807) is 13.2 Å². The fourth-order valence-corrected chi connectivity index (χ4v) is 7.14. The van der Waals surface area contributed by atoms with Crippen molar-refractivity contribution in [1.29, 1.82) is 0 Å². The van der Waals surface area contributed by atoms with Crippen molar-refractivity contribution in [3.63, 3.8) is 0 Å². The van der Waals surface area contributed by atoms with E-state index >= 15 is 0 Å². The summed E-state index contributed by atoms with van der Waals surface area (Å²) in [6, 6.07) is 12.7. The Bertz CT molecular complexity index is 1760. The number of nitrogens with one attached hydrogen (secondary N) is 1. The smallest absolute Gasteiger partial charge is 0.419 e. The van der Waals surface area contributed by atoms with Crippen LogP contribution in [0.2, 0.25) is 0 Å². The molecule has 0 atom stereocenters. The van der Waals surface area contributed by atoms with Crippen molar-refractivity contribution in [1.82, 2.24) is 19.9 Å². The van der Waals surface area contributed by atoms with Crippen LogP contribution in [0.5, 0.6) is 0 Å². The number of benzene rings is 2. The van der Waals surface area contributed by atoms with Crippen molar-refractivity contribution in [3.8, 4) is 22.6 Å². The van der Waals surface area contributed by atoms with E-state index in [2.05, 4.69) is 24.7 Å². The molecule has 2 aliphatic rings. The first kappa shape index (κ1) is 39.1. The molecular formula is C35H42Cl2F4N6O3. The van der Waals surface area contributed by atoms with Gasteiger partial charge in [-0.2, -0.15) is 13.2 Å². The van der Waals surface area contributed by atoms with Gasteiger partial charge >= 0.3 is 12.1 Å². The van der Waals surface area contributed by atoms with Crippen LogP contribution in [0.4, 0.5) is 28.9 Å². The minimum atomic E-state index is -4.85. The third-order valence-corrected chi connectivity index (χ3v) is 9.63. The molecule has 1 saturated carbocycles. The van der Waals surface area contributed by atoms with Crippen LogP contribution in [0, 0.1) is 11.2 Å². The van der Waals surface area contributed by atoms with Gasteiger partial charge in [0.05, 0.1) is 30.0 Å². The van der Waals surface area contributed by atoms with Gasteiger partial charge in [-0.25, -0.2) is 14.4 Å². The number of carbonyl (C=O) groups is 1. The maximum atomic E-state index is 14.2. The van der Waals surface area contributed by atoms with E-state index in [9.17, 15) is 22.4 Å². The number of anilines is 2. The number of aromatic amines is 1. The van der Waals surface area contributed by atoms with Crippen LogP contribution in [-0.4, -0.2) is 91.0 Å². The largest absolute Gasteiger partial charge is 0.481 e. The van der Waals surface area contributed by atoms with Gasteiger partial charge in [-0.1, -0.05) is 12.8 Å². The Hall–Kier alpha value is -3.65. The fraction of sp³-hybridized carbons (Fsp3) is 0.457. The summed E-state index contributed by atoms with van der Waals surface area (Å²) >= 11 is 0. The summed E-state index contributed by atoms with van der Waals surface area (Å²) in [6.07, 6.45) is -0.484. The molecule has 0 bridgehead atoms. The minimum absolute atomic E-state index is 0. The number of imidazole rings is 1. The van der Waals surface area contributed by atoms with Gasteiger partial charge in [0, 0.05) is 75.7 Å². The van der Waals surface area contributed by atoms with Crippen LogP contribution >= 0.6 is 24.8 Å². The normalized spacial score (nSPS) is 16.2. The van der Waals surface area contributed by atoms with Gasteiger partial charge < -0.3 is 24.6 Å². The Morgan fingerprint density at radius 3 is 2.28 bits per heavy atom. The van der Waals surface area contributed by atoms with Crippen molar-refractivity contribution in [2.24, 2.45) is 5.41 Å². The summed E-state index contributed by atoms with van der Waals surface area (Å²) in [7, 11) is 3.65. The number of alkyl halides is 3. The van der Waals surface area contributed by atoms with Gasteiger partial charge in [-0.05, 0) is 61.4 Å². The number of nitrogens with zero attached hydrogens (tertiary/aromatic N) is 5. The Kier molecular flexibility index (Phi) is 12.6. The summed E-state index contributed by atoms with van der Waals surface area (Å²) in [5, 5.41) is 8.98. The number of carboxylic acid groups (broad SMARTS) is 1. The van der Waals surface area contributed by atoms with E-state index in [1.807, 2.05) is 31.3 Å². The number of hydrogen-bond acceptors (Lipinski definition) is 7. The first-order valence-electron chi connectivity index (χ1n) is 16.2. The quantitative estimate of drug-likeness (QED) is 0.152. The topological polar surface area (TPSA) is 97.8 Å². The van der Waals surface area contributed by atoms with Crippen molar-refractivity contribution < 1.29 is 32.2 Å². The number of rotatable bonds is 11. The van der Waals surface area contributed by atoms with Crippen molar-refractivity contribution in [2.75, 3.05) is 69.8 Å². The molecule has 2 aromatic heterocycles. The molecule has 9 nitrogen and oxygen atoms in total. The van der Waals surface area contributed by atoms with Crippen LogP contribution in [-0.2, 0) is 15.7 Å². The molecule has 272 valence electrons. The van der Waals surface area contributed by atoms with Crippen LogP contribution in [0.1, 0.15) is 37.7 Å². The predicted octanol–water partition coefficient (Wildman–Crippen LogP) is 7.53. The Morgan fingerprint density at radius 2 is 1.66 bits per heavy atom. The second kappa shape index (κ2) is 16.1. The maximum absolute atomic E-state index is 14.2. The lowest BCUT2D eigenvalue weighted by Gasteiger charge is -2.35. The van der Waals surface area contributed by atoms with Gasteiger partial charge in [0.15, 0.2) is 5.65 Å². The average molecular weight is 742 g/mol. The molecule has 2 fully saturated rings. The van der Waals surface area contributed by atoms with Crippen LogP contribution in [0.25, 0.3) is 33.8 Å². The van der Waals surface area contributed by atoms with E-state index in [0.717, 1.165) is 80.9 Å². The lowest BCUT2D eigenvalue weighted by molar-refractivity contribution is -0.140. The van der Waals surface area contributed by atoms with Crippen molar-refractivity contribution in [3.05, 3.63) is 59.9 Å². The number of ether oxygens (including phenoxy) is 1. The number of carboxylic acids is 1. The molecule has 0 radical (unpaired) electrons. The lowest BCUT2D eigenvalue weighted by Crippen LogP contribution is -2.46. The zero-order valence-corrected chi connectivity index (χ0v) is 29.6. The highest BCUT2D eigenvalue weighted by Crippen LogP contribution is 2.41. The Morgan fingerprint density at radius 1 is 1.00 bits per heavy atom. The molecule has 6 rings (SSSR count). The molecule has 15 heteroatoms. The van der Waals surface area contributed by atoms with E-state index in [1.165, 1.54) is 6.07 Å². The minimum Gasteiger partial charge on any atom is -0.481 e. The number of aromatic nitrogens is 3. The second-order valence-corrected chi connectivity index (χ2v) is 13.0. The number of methoxy groups -OCH3 is 1. The zero-order valence-electron chi connectivity index (χ0n) is 27.9. The molecule has 2 N–H and O–H groups in total. The number of fused-ring (bicyclic) bond motifs is 1. The number of halogens is 6. The molecule has 2 aromatic carbocycles. The standard InChI is InChI=1S/C35H40F4N6O3.2ClH/c1-43(21-34(22-48-2)12-3-4-13-34)29-20-28(24-7-10-27(36)26(19-24)35(37,38)39)40-33-31(29)41-32(42-33)23-5-8-25(9-6-23)45-17-15-44(16-18-45)14-11-30(46)47;;/h5-10,19-20H,3-4,11-18,21-22H2,1-2H3,(H,46,47)(H,40,41,42);2*1H. The van der Waals surface area contributed by atoms with Gasteiger partial charge in [-0.15, -0.1) is 24.8 Å². The first-order valence-corrected chi connectivity index (χ1v) is 16.2. The molecule has 1 aliphatic carbocycles. The van der Waals surface area contributed by atoms with Gasteiger partial charge in [0.1, 0.15) is 17.2 Å². The summed E-state index contributed by atoms with van der Waals surface area (Å²) < 4.78 is 60.7. The number of hydrogen-bond donors (Lipinski definition) is 2. The molecule has 50 heavy (non-hydrogen) atoms. The van der Waals surface area contributed by atoms with Crippen LogP contribution in [0.3, 0.4) is 0 Å². The molecule has 4 aromatic rings. The van der Waals surface area contributed by atoms with Gasteiger partial charge in [0.25, 0.3) is 0 Å². The number of piperazine rings is 1. The predicted molar refractivity (Wildman–Crippen MR) is 191 cm³/mol. The molecule has 3 heterocycles. The van der Waals surface area contributed by atoms with Crippen molar-refractivity contribution >= 4 is 53.3 Å². The summed E-state index contributed by atoms with van der Waals surface area (Å²) in [6.45, 7) is 4.96. The summed E-state index contributed by atoms with van der Waals surface area (Å²) in [4.78, 5) is 30.3. The Labute approximate surface area is 300 Å². The van der Waals surface area contributed by atoms with Gasteiger partial charge in [-0.3, -0.25) is 9.69 Å². The molecule has 0 unspecified atom stereocenters. The third-order valence-electron chi connectivity index (χ3n) is 9.63. The Balaban J connectivity index is 0.00000281. The number of H-pyrrole nitrogens is 1. The average Bonchev–Trinajstić information content (AvgIpc) is 3.71. The van der Waals surface area contributed by atoms with Crippen LogP contribution < -0.4 is 9.80 Å². The number of pyridine rings is 1. The second-order valence-electron chi connectivity index (χ2n) is 13.0. The first-order chi connectivity index (χ1) is 22.9. The SMILES string of the molecule is COCC1(CN(C)c2cc(-c3ccc(F)c(C(F)(F)F)c3)nc3nc(-c4ccc(N5CCN(CCC(=O)O)CC5)cc4)[nH]c23)CCCC1.Cl.Cl. The lowest BCUT2D eigenvalue weighted by atomic mass is 9.86. The molecule has 0 spiro atoms. The van der Waals surface area contributed by atoms with E-state index in [-0.39, 0.29) is 47.9 Å². The third kappa shape index (κ3) is 8.62. The molecule has 1 aliphatic heterocycles. The zero-order chi connectivity index (χ0) is 34.1. The number of aliphatic carboxylic acids is 1. The van der Waals surface area contributed by atoms with Crippen molar-refractivity contribution in [2.45, 2.75) is 38.3 Å². The highest BCUT2D eigenvalue weighted by molar-refractivity contribution is 5.91. The molecule has 0 amide bonds. The van der Waals surface area contributed by atoms with E-state index in [4.69, 9.17) is 14.8 Å². The van der Waals surface area contributed by atoms with E-state index in [0.29, 0.717) is 36.7 Å². The van der Waals surface area contributed by atoms with Crippen LogP contribution in [0.15, 0.2) is 48.5 Å². The highest BCUT2D eigenvalue weighted by Gasteiger charge is 2.36. The van der Waals surface area contributed by atoms with E-state index < -0.39 is 23.5 Å². The maximum Gasteiger partial charge on any atom is 0.419 e. The summed E-state index contributed by atoms with van der Waals surface area (Å²) in [5.74, 6) is -1.56. The summed E-state index contributed by atoms with van der Waals surface area (Å²) in [5.41, 5.74) is 2.60. The molecule has 1 saturated heterocycles. The highest BCUT2D eigenvalue weighted by atomic mass is 35.5.